The van der Waals surface area contributed by atoms with Gasteiger partial charge in [-0.05, 0) is 42.0 Å². The molecule has 1 fully saturated rings. The molecule has 0 radical (unpaired) electrons. The van der Waals surface area contributed by atoms with Gasteiger partial charge in [-0.3, -0.25) is 18.5 Å². The van der Waals surface area contributed by atoms with Crippen molar-refractivity contribution in [3.63, 3.8) is 0 Å². The predicted octanol–water partition coefficient (Wildman–Crippen LogP) is 3.45. The molecule has 0 bridgehead atoms. The van der Waals surface area contributed by atoms with Crippen molar-refractivity contribution in [2.75, 3.05) is 36.4 Å². The molecule has 1 aliphatic heterocycles. The molecule has 0 unspecified atom stereocenters. The van der Waals surface area contributed by atoms with Gasteiger partial charge < -0.3 is 15.1 Å². The van der Waals surface area contributed by atoms with Gasteiger partial charge in [0.2, 0.25) is 5.95 Å². The average molecular weight is 576 g/mol. The lowest BCUT2D eigenvalue weighted by atomic mass is 10.2. The maximum atomic E-state index is 13.5. The molecular formula is C25H24Cl2FN7O2S. The fourth-order valence-corrected chi connectivity index (χ4v) is 5.19. The number of fused-ring (bicyclic) bond motifs is 1. The maximum Gasteiger partial charge on any atom is 0.332 e. The fraction of sp³-hybridized carbons (Fsp3) is 0.280. The van der Waals surface area contributed by atoms with Crippen LogP contribution in [0.15, 0.2) is 52.1 Å². The van der Waals surface area contributed by atoms with Crippen molar-refractivity contribution < 1.29 is 4.39 Å². The van der Waals surface area contributed by atoms with Crippen LogP contribution < -0.4 is 21.5 Å². The molecule has 0 atom stereocenters. The van der Waals surface area contributed by atoms with Crippen LogP contribution in [0.2, 0.25) is 10.0 Å². The zero-order chi connectivity index (χ0) is 27.1. The second-order valence-electron chi connectivity index (χ2n) is 9.00. The predicted molar refractivity (Wildman–Crippen MR) is 152 cm³/mol. The maximum absolute atomic E-state index is 13.5. The van der Waals surface area contributed by atoms with E-state index in [1.807, 2.05) is 27.7 Å². The van der Waals surface area contributed by atoms with Crippen LogP contribution in [0.25, 0.3) is 11.2 Å². The summed E-state index contributed by atoms with van der Waals surface area (Å²) in [6.45, 7) is 2.59. The number of thiocarbonyl (C=S) groups is 1. The van der Waals surface area contributed by atoms with E-state index in [1.54, 1.807) is 19.2 Å². The first-order valence-corrected chi connectivity index (χ1v) is 13.0. The Kier molecular flexibility index (Phi) is 7.17. The molecule has 0 amide bonds. The van der Waals surface area contributed by atoms with Crippen molar-refractivity contribution in [3.8, 4) is 0 Å². The van der Waals surface area contributed by atoms with E-state index >= 15 is 0 Å². The zero-order valence-corrected chi connectivity index (χ0v) is 22.9. The molecule has 0 saturated carbocycles. The van der Waals surface area contributed by atoms with E-state index in [2.05, 4.69) is 10.2 Å². The number of nitrogens with zero attached hydrogens (tertiary/aromatic N) is 6. The summed E-state index contributed by atoms with van der Waals surface area (Å²) in [5, 5.41) is 4.18. The Bertz CT molecular complexity index is 1670. The summed E-state index contributed by atoms with van der Waals surface area (Å²) in [6, 6.07) is 11.8. The van der Waals surface area contributed by atoms with Gasteiger partial charge in [0.1, 0.15) is 5.82 Å². The Morgan fingerprint density at radius 3 is 2.42 bits per heavy atom. The Labute approximate surface area is 232 Å². The zero-order valence-electron chi connectivity index (χ0n) is 20.6. The normalized spacial score (nSPS) is 13.8. The molecule has 2 aromatic heterocycles. The van der Waals surface area contributed by atoms with Gasteiger partial charge in [-0.2, -0.15) is 4.98 Å². The molecule has 198 valence electrons. The van der Waals surface area contributed by atoms with Gasteiger partial charge in [-0.1, -0.05) is 41.4 Å². The summed E-state index contributed by atoms with van der Waals surface area (Å²) in [4.78, 5) is 34.7. The van der Waals surface area contributed by atoms with E-state index in [-0.39, 0.29) is 5.02 Å². The highest BCUT2D eigenvalue weighted by Crippen LogP contribution is 2.25. The molecule has 3 heterocycles. The number of rotatable bonds is 4. The monoisotopic (exact) mass is 575 g/mol. The Balaban J connectivity index is 1.45. The van der Waals surface area contributed by atoms with Gasteiger partial charge in [0.05, 0.1) is 11.6 Å². The van der Waals surface area contributed by atoms with Crippen molar-refractivity contribution >= 4 is 63.3 Å². The van der Waals surface area contributed by atoms with Crippen LogP contribution in [0.1, 0.15) is 5.56 Å². The van der Waals surface area contributed by atoms with E-state index in [1.165, 1.54) is 23.7 Å². The topological polar surface area (TPSA) is 80.3 Å². The van der Waals surface area contributed by atoms with Crippen molar-refractivity contribution in [3.05, 3.63) is 84.7 Å². The minimum Gasteiger partial charge on any atom is -0.345 e. The third-order valence-corrected chi connectivity index (χ3v) is 7.65. The summed E-state index contributed by atoms with van der Waals surface area (Å²) >= 11 is 17.9. The largest absolute Gasteiger partial charge is 0.345 e. The van der Waals surface area contributed by atoms with E-state index < -0.39 is 17.1 Å². The molecule has 2 aromatic carbocycles. The van der Waals surface area contributed by atoms with E-state index in [0.717, 1.165) is 10.1 Å². The van der Waals surface area contributed by atoms with Crippen LogP contribution in [0, 0.1) is 5.82 Å². The molecule has 5 rings (SSSR count). The molecular weight excluding hydrogens is 552 g/mol. The minimum absolute atomic E-state index is 0.0144. The van der Waals surface area contributed by atoms with Gasteiger partial charge in [0.15, 0.2) is 16.3 Å². The van der Waals surface area contributed by atoms with E-state index in [0.29, 0.717) is 65.7 Å². The van der Waals surface area contributed by atoms with Gasteiger partial charge >= 0.3 is 5.69 Å². The Morgan fingerprint density at radius 1 is 1.03 bits per heavy atom. The first kappa shape index (κ1) is 26.2. The highest BCUT2D eigenvalue weighted by Gasteiger charge is 2.27. The fourth-order valence-electron chi connectivity index (χ4n) is 4.51. The number of benzene rings is 2. The standard InChI is InChI=1S/C25H24Cl2FN7O2S/c1-31-21-20(22(36)32(2)25(31)37)35(14-15-5-3-4-6-17(15)26)23(30-21)33-9-11-34(12-10-33)24(38)29-16-7-8-19(28)18(27)13-16/h3-8,13H,9-12,14H2,1-2H3,(H,29,38). The molecule has 1 aliphatic rings. The number of nitrogens with one attached hydrogen (secondary N) is 1. The Morgan fingerprint density at radius 2 is 1.74 bits per heavy atom. The number of aromatic nitrogens is 4. The third-order valence-electron chi connectivity index (χ3n) is 6.63. The van der Waals surface area contributed by atoms with Gasteiger partial charge in [-0.15, -0.1) is 0 Å². The number of imidazole rings is 1. The summed E-state index contributed by atoms with van der Waals surface area (Å²) in [5.74, 6) is 0.0748. The smallest absolute Gasteiger partial charge is 0.332 e. The quantitative estimate of drug-likeness (QED) is 0.373. The van der Waals surface area contributed by atoms with Crippen molar-refractivity contribution in [2.24, 2.45) is 14.1 Å². The number of piperazine rings is 1. The molecule has 38 heavy (non-hydrogen) atoms. The SMILES string of the molecule is Cn1c(=O)c2c(nc(N3CCN(C(=S)Nc4ccc(F)c(Cl)c4)CC3)n2Cc2ccccc2Cl)n(C)c1=O. The van der Waals surface area contributed by atoms with Gasteiger partial charge in [-0.25, -0.2) is 9.18 Å². The van der Waals surface area contributed by atoms with Crippen LogP contribution in [0.5, 0.6) is 0 Å². The second-order valence-corrected chi connectivity index (χ2v) is 10.2. The minimum atomic E-state index is -0.497. The lowest BCUT2D eigenvalue weighted by Gasteiger charge is -2.36. The van der Waals surface area contributed by atoms with Crippen molar-refractivity contribution in [2.45, 2.75) is 6.54 Å². The van der Waals surface area contributed by atoms with E-state index in [9.17, 15) is 14.0 Å². The van der Waals surface area contributed by atoms with Crippen molar-refractivity contribution in [1.29, 1.82) is 0 Å². The first-order chi connectivity index (χ1) is 18.2. The van der Waals surface area contributed by atoms with Crippen LogP contribution in [-0.2, 0) is 20.6 Å². The molecule has 13 heteroatoms. The summed E-state index contributed by atoms with van der Waals surface area (Å²) in [5.41, 5.74) is 1.20. The number of aryl methyl sites for hydroxylation is 1. The highest BCUT2D eigenvalue weighted by atomic mass is 35.5. The Hall–Kier alpha value is -3.41. The summed E-state index contributed by atoms with van der Waals surface area (Å²) in [7, 11) is 3.06. The van der Waals surface area contributed by atoms with E-state index in [4.69, 9.17) is 40.4 Å². The first-order valence-electron chi connectivity index (χ1n) is 11.8. The third kappa shape index (κ3) is 4.77. The lowest BCUT2D eigenvalue weighted by molar-refractivity contribution is 0.386. The van der Waals surface area contributed by atoms with Gasteiger partial charge in [0, 0.05) is 51.0 Å². The van der Waals surface area contributed by atoms with Gasteiger partial charge in [0.25, 0.3) is 5.56 Å². The second kappa shape index (κ2) is 10.4. The van der Waals surface area contributed by atoms with Crippen LogP contribution in [0.4, 0.5) is 16.0 Å². The number of halogens is 3. The average Bonchev–Trinajstić information content (AvgIpc) is 3.29. The highest BCUT2D eigenvalue weighted by molar-refractivity contribution is 7.80. The van der Waals surface area contributed by atoms with Crippen LogP contribution in [-0.4, -0.2) is 54.9 Å². The number of anilines is 2. The molecule has 1 N–H and O–H groups in total. The van der Waals surface area contributed by atoms with Crippen LogP contribution >= 0.6 is 35.4 Å². The van der Waals surface area contributed by atoms with Crippen LogP contribution in [0.3, 0.4) is 0 Å². The lowest BCUT2D eigenvalue weighted by Crippen LogP contribution is -2.50. The number of hydrogen-bond acceptors (Lipinski definition) is 5. The van der Waals surface area contributed by atoms with Crippen molar-refractivity contribution in [1.82, 2.24) is 23.6 Å². The molecule has 9 nitrogen and oxygen atoms in total. The number of hydrogen-bond donors (Lipinski definition) is 1. The molecule has 0 aliphatic carbocycles. The summed E-state index contributed by atoms with van der Waals surface area (Å²) in [6.07, 6.45) is 0. The molecule has 1 saturated heterocycles. The molecule has 0 spiro atoms. The summed E-state index contributed by atoms with van der Waals surface area (Å²) < 4.78 is 17.8. The molecule has 4 aromatic rings.